The second-order valence-electron chi connectivity index (χ2n) is 4.40. The Balaban J connectivity index is 2.16. The molecule has 2 bridgehead atoms. The zero-order valence-electron chi connectivity index (χ0n) is 7.21. The monoisotopic (exact) mass is 153 g/mol. The van der Waals surface area contributed by atoms with Crippen LogP contribution in [0.25, 0.3) is 0 Å². The van der Waals surface area contributed by atoms with Gasteiger partial charge in [0.2, 0.25) is 6.41 Å². The second kappa shape index (κ2) is 1.99. The van der Waals surface area contributed by atoms with Crippen LogP contribution in [-0.2, 0) is 4.79 Å². The highest BCUT2D eigenvalue weighted by Crippen LogP contribution is 2.53. The summed E-state index contributed by atoms with van der Waals surface area (Å²) in [5.74, 6) is 0.878. The summed E-state index contributed by atoms with van der Waals surface area (Å²) in [4.78, 5) is 12.6. The standard InChI is InChI=1S/C9H15NO/c1-9(2)7-3-4-10(6-11)8(9)5-7/h6-8H,3-5H2,1-2H3. The van der Waals surface area contributed by atoms with E-state index in [4.69, 9.17) is 0 Å². The predicted octanol–water partition coefficient (Wildman–Crippen LogP) is 1.26. The first-order valence-electron chi connectivity index (χ1n) is 4.37. The number of carbonyl (C=O) groups is 1. The first kappa shape index (κ1) is 7.14. The highest BCUT2D eigenvalue weighted by Gasteiger charge is 2.53. The SMILES string of the molecule is CC1(C)C2CCN(C=O)C1C2. The number of nitrogens with zero attached hydrogens (tertiary/aromatic N) is 1. The van der Waals surface area contributed by atoms with E-state index >= 15 is 0 Å². The molecule has 2 atom stereocenters. The molecule has 11 heavy (non-hydrogen) atoms. The van der Waals surface area contributed by atoms with E-state index < -0.39 is 0 Å². The van der Waals surface area contributed by atoms with E-state index in [2.05, 4.69) is 13.8 Å². The summed E-state index contributed by atoms with van der Waals surface area (Å²) in [6.45, 7) is 5.55. The molecule has 2 nitrogen and oxygen atoms in total. The van der Waals surface area contributed by atoms with Crippen molar-refractivity contribution in [3.05, 3.63) is 0 Å². The van der Waals surface area contributed by atoms with Crippen LogP contribution in [0.3, 0.4) is 0 Å². The lowest BCUT2D eigenvalue weighted by Gasteiger charge is -2.60. The summed E-state index contributed by atoms with van der Waals surface area (Å²) < 4.78 is 0. The van der Waals surface area contributed by atoms with Gasteiger partial charge in [-0.1, -0.05) is 13.8 Å². The summed E-state index contributed by atoms with van der Waals surface area (Å²) in [6, 6.07) is 0.541. The lowest BCUT2D eigenvalue weighted by Crippen LogP contribution is -2.62. The van der Waals surface area contributed by atoms with Crippen molar-refractivity contribution in [3.8, 4) is 0 Å². The van der Waals surface area contributed by atoms with E-state index in [1.807, 2.05) is 4.90 Å². The number of carbonyl (C=O) groups excluding carboxylic acids is 1. The number of rotatable bonds is 1. The van der Waals surface area contributed by atoms with Crippen molar-refractivity contribution < 1.29 is 4.79 Å². The molecule has 62 valence electrons. The Hall–Kier alpha value is -0.530. The van der Waals surface area contributed by atoms with Gasteiger partial charge in [0.25, 0.3) is 0 Å². The van der Waals surface area contributed by atoms with Crippen LogP contribution in [0.15, 0.2) is 0 Å². The quantitative estimate of drug-likeness (QED) is 0.519. The molecule has 0 N–H and O–H groups in total. The summed E-state index contributed by atoms with van der Waals surface area (Å²) in [5.41, 5.74) is 0.402. The highest BCUT2D eigenvalue weighted by atomic mass is 16.1. The van der Waals surface area contributed by atoms with Gasteiger partial charge in [0.1, 0.15) is 0 Å². The molecule has 0 radical (unpaired) electrons. The third kappa shape index (κ3) is 0.754. The van der Waals surface area contributed by atoms with Gasteiger partial charge in [0, 0.05) is 12.6 Å². The van der Waals surface area contributed by atoms with Gasteiger partial charge in [-0.15, -0.1) is 0 Å². The van der Waals surface area contributed by atoms with Gasteiger partial charge in [0.05, 0.1) is 0 Å². The Bertz CT molecular complexity index is 186. The van der Waals surface area contributed by atoms with Crippen LogP contribution in [0.5, 0.6) is 0 Å². The van der Waals surface area contributed by atoms with Crippen LogP contribution in [0, 0.1) is 11.3 Å². The van der Waals surface area contributed by atoms with E-state index in [1.54, 1.807) is 0 Å². The fraction of sp³-hybridized carbons (Fsp3) is 0.889. The molecule has 1 amide bonds. The average Bonchev–Trinajstić information content (AvgIpc) is 2.04. The molecular weight excluding hydrogens is 138 g/mol. The van der Waals surface area contributed by atoms with Gasteiger partial charge in [0.15, 0.2) is 0 Å². The molecule has 3 aliphatic rings. The minimum Gasteiger partial charge on any atom is -0.342 e. The predicted molar refractivity (Wildman–Crippen MR) is 43.1 cm³/mol. The topological polar surface area (TPSA) is 20.3 Å². The molecule has 3 rings (SSSR count). The summed E-state index contributed by atoms with van der Waals surface area (Å²) in [7, 11) is 0. The fourth-order valence-corrected chi connectivity index (χ4v) is 2.63. The molecule has 1 aliphatic carbocycles. The number of hydrogen-bond acceptors (Lipinski definition) is 1. The van der Waals surface area contributed by atoms with Crippen LogP contribution < -0.4 is 0 Å². The van der Waals surface area contributed by atoms with E-state index in [9.17, 15) is 4.79 Å². The Morgan fingerprint density at radius 2 is 2.27 bits per heavy atom. The molecule has 2 heterocycles. The zero-order valence-corrected chi connectivity index (χ0v) is 7.21. The van der Waals surface area contributed by atoms with Crippen molar-refractivity contribution in [1.29, 1.82) is 0 Å². The van der Waals surface area contributed by atoms with E-state index in [1.165, 1.54) is 12.8 Å². The molecule has 3 fully saturated rings. The normalized spacial score (nSPS) is 39.6. The van der Waals surface area contributed by atoms with Gasteiger partial charge in [-0.2, -0.15) is 0 Å². The molecular formula is C9H15NO. The van der Waals surface area contributed by atoms with Crippen molar-refractivity contribution in [2.24, 2.45) is 11.3 Å². The molecule has 2 unspecified atom stereocenters. The fourth-order valence-electron chi connectivity index (χ4n) is 2.63. The third-order valence-corrected chi connectivity index (χ3v) is 3.69. The van der Waals surface area contributed by atoms with Crippen LogP contribution >= 0.6 is 0 Å². The minimum atomic E-state index is 0.402. The Morgan fingerprint density at radius 1 is 1.55 bits per heavy atom. The van der Waals surface area contributed by atoms with Crippen molar-refractivity contribution in [2.75, 3.05) is 6.54 Å². The van der Waals surface area contributed by atoms with Gasteiger partial charge >= 0.3 is 0 Å². The maximum Gasteiger partial charge on any atom is 0.209 e. The van der Waals surface area contributed by atoms with Crippen molar-refractivity contribution in [3.63, 3.8) is 0 Å². The van der Waals surface area contributed by atoms with E-state index in [0.717, 1.165) is 18.9 Å². The number of amides is 1. The smallest absolute Gasteiger partial charge is 0.209 e. The largest absolute Gasteiger partial charge is 0.342 e. The average molecular weight is 153 g/mol. The molecule has 0 aromatic rings. The first-order valence-corrected chi connectivity index (χ1v) is 4.37. The Kier molecular flexibility index (Phi) is 1.29. The maximum absolute atomic E-state index is 10.6. The van der Waals surface area contributed by atoms with Crippen LogP contribution in [0.4, 0.5) is 0 Å². The van der Waals surface area contributed by atoms with Crippen molar-refractivity contribution >= 4 is 6.41 Å². The summed E-state index contributed by atoms with van der Waals surface area (Å²) in [5, 5.41) is 0. The van der Waals surface area contributed by atoms with Crippen molar-refractivity contribution in [1.82, 2.24) is 4.90 Å². The van der Waals surface area contributed by atoms with Gasteiger partial charge in [-0.05, 0) is 24.2 Å². The minimum absolute atomic E-state index is 0.402. The van der Waals surface area contributed by atoms with Crippen molar-refractivity contribution in [2.45, 2.75) is 32.7 Å². The molecule has 0 spiro atoms. The van der Waals surface area contributed by atoms with Gasteiger partial charge in [-0.25, -0.2) is 0 Å². The Morgan fingerprint density at radius 3 is 2.64 bits per heavy atom. The lowest BCUT2D eigenvalue weighted by atomic mass is 9.55. The third-order valence-electron chi connectivity index (χ3n) is 3.69. The highest BCUT2D eigenvalue weighted by molar-refractivity contribution is 5.49. The molecule has 2 aliphatic heterocycles. The number of fused-ring (bicyclic) bond motifs is 2. The molecule has 0 aromatic carbocycles. The van der Waals surface area contributed by atoms with E-state index in [-0.39, 0.29) is 0 Å². The summed E-state index contributed by atoms with van der Waals surface area (Å²) in [6.07, 6.45) is 3.47. The first-order chi connectivity index (χ1) is 5.16. The van der Waals surface area contributed by atoms with Crippen LogP contribution in [0.2, 0.25) is 0 Å². The van der Waals surface area contributed by atoms with Gasteiger partial charge in [-0.3, -0.25) is 4.79 Å². The molecule has 2 heteroatoms. The van der Waals surface area contributed by atoms with Gasteiger partial charge < -0.3 is 4.90 Å². The number of piperidine rings is 2. The van der Waals surface area contributed by atoms with Crippen LogP contribution in [0.1, 0.15) is 26.7 Å². The molecule has 2 saturated heterocycles. The Labute approximate surface area is 67.6 Å². The second-order valence-corrected chi connectivity index (χ2v) is 4.40. The number of hydrogen-bond donors (Lipinski definition) is 0. The lowest BCUT2D eigenvalue weighted by molar-refractivity contribution is -0.146. The zero-order chi connectivity index (χ0) is 8.06. The maximum atomic E-state index is 10.6. The summed E-state index contributed by atoms with van der Waals surface area (Å²) >= 11 is 0. The van der Waals surface area contributed by atoms with Crippen LogP contribution in [-0.4, -0.2) is 23.9 Å². The molecule has 1 saturated carbocycles. The van der Waals surface area contributed by atoms with E-state index in [0.29, 0.717) is 11.5 Å². The molecule has 0 aromatic heterocycles.